The maximum Gasteiger partial charge on any atom is 0.321 e. The first-order chi connectivity index (χ1) is 11.6. The summed E-state index contributed by atoms with van der Waals surface area (Å²) in [4.78, 5) is 20.5. The van der Waals surface area contributed by atoms with Gasteiger partial charge in [0.15, 0.2) is 5.13 Å². The summed E-state index contributed by atoms with van der Waals surface area (Å²) in [6.07, 6.45) is 1.13. The van der Waals surface area contributed by atoms with Crippen LogP contribution in [0, 0.1) is 0 Å². The average molecular weight is 342 g/mol. The number of hydrogen-bond donors (Lipinski definition) is 3. The number of aliphatic hydroxyl groups is 1. The molecule has 24 heavy (non-hydrogen) atoms. The first-order valence-corrected chi connectivity index (χ1v) is 8.49. The second-order valence-electron chi connectivity index (χ2n) is 5.31. The van der Waals surface area contributed by atoms with Gasteiger partial charge in [-0.3, -0.25) is 10.3 Å². The van der Waals surface area contributed by atoms with Crippen molar-refractivity contribution in [2.24, 2.45) is 0 Å². The number of carbonyl (C=O) groups is 1. The Hall–Kier alpha value is -2.51. The Bertz CT molecular complexity index is 876. The predicted octanol–water partition coefficient (Wildman–Crippen LogP) is 3.55. The van der Waals surface area contributed by atoms with E-state index in [-0.39, 0.29) is 6.03 Å². The zero-order valence-corrected chi connectivity index (χ0v) is 14.2. The van der Waals surface area contributed by atoms with E-state index in [1.165, 1.54) is 11.3 Å². The van der Waals surface area contributed by atoms with Crippen LogP contribution in [0.4, 0.5) is 9.93 Å². The minimum Gasteiger partial charge on any atom is -0.389 e. The number of pyridine rings is 1. The summed E-state index contributed by atoms with van der Waals surface area (Å²) in [6, 6.07) is 9.16. The van der Waals surface area contributed by atoms with Crippen LogP contribution in [0.1, 0.15) is 25.5 Å². The van der Waals surface area contributed by atoms with Crippen LogP contribution in [0.15, 0.2) is 36.5 Å². The lowest BCUT2D eigenvalue weighted by atomic mass is 10.1. The number of fused-ring (bicyclic) bond motifs is 1. The monoisotopic (exact) mass is 342 g/mol. The lowest BCUT2D eigenvalue weighted by molar-refractivity contribution is 0.199. The topological polar surface area (TPSA) is 87.1 Å². The van der Waals surface area contributed by atoms with Gasteiger partial charge in [0.25, 0.3) is 0 Å². The van der Waals surface area contributed by atoms with Gasteiger partial charge in [-0.1, -0.05) is 23.5 Å². The summed E-state index contributed by atoms with van der Waals surface area (Å²) in [5.41, 5.74) is 3.30. The maximum absolute atomic E-state index is 11.7. The van der Waals surface area contributed by atoms with Crippen molar-refractivity contribution in [3.8, 4) is 11.3 Å². The van der Waals surface area contributed by atoms with Crippen LogP contribution >= 0.6 is 11.3 Å². The van der Waals surface area contributed by atoms with E-state index < -0.39 is 6.10 Å². The average Bonchev–Trinajstić information content (AvgIpc) is 2.97. The smallest absolute Gasteiger partial charge is 0.321 e. The van der Waals surface area contributed by atoms with E-state index in [0.29, 0.717) is 11.7 Å². The largest absolute Gasteiger partial charge is 0.389 e. The van der Waals surface area contributed by atoms with Gasteiger partial charge in [-0.2, -0.15) is 0 Å². The van der Waals surface area contributed by atoms with E-state index in [4.69, 9.17) is 0 Å². The summed E-state index contributed by atoms with van der Waals surface area (Å²) in [6.45, 7) is 4.13. The molecule has 1 atom stereocenters. The number of nitrogens with zero attached hydrogens (tertiary/aromatic N) is 2. The number of benzene rings is 1. The Morgan fingerprint density at radius 2 is 2.21 bits per heavy atom. The van der Waals surface area contributed by atoms with Crippen molar-refractivity contribution in [1.82, 2.24) is 15.3 Å². The molecular weight excluding hydrogens is 324 g/mol. The fourth-order valence-corrected chi connectivity index (χ4v) is 3.34. The Kier molecular flexibility index (Phi) is 4.73. The number of urea groups is 1. The lowest BCUT2D eigenvalue weighted by Gasteiger charge is -2.07. The van der Waals surface area contributed by atoms with Crippen molar-refractivity contribution in [3.63, 3.8) is 0 Å². The number of carbonyl (C=O) groups excluding carboxylic acids is 1. The normalized spacial score (nSPS) is 12.1. The third-order valence-electron chi connectivity index (χ3n) is 3.52. The highest BCUT2D eigenvalue weighted by Gasteiger charge is 2.13. The number of nitrogens with one attached hydrogen (secondary N) is 2. The van der Waals surface area contributed by atoms with E-state index in [2.05, 4.69) is 20.6 Å². The van der Waals surface area contributed by atoms with Gasteiger partial charge in [0.2, 0.25) is 0 Å². The van der Waals surface area contributed by atoms with Crippen molar-refractivity contribution < 1.29 is 9.90 Å². The summed E-state index contributed by atoms with van der Waals surface area (Å²) >= 11 is 1.40. The summed E-state index contributed by atoms with van der Waals surface area (Å²) in [5, 5.41) is 15.7. The minimum absolute atomic E-state index is 0.271. The molecule has 3 N–H and O–H groups in total. The van der Waals surface area contributed by atoms with Crippen LogP contribution in [0.3, 0.4) is 0 Å². The van der Waals surface area contributed by atoms with Crippen molar-refractivity contribution in [3.05, 3.63) is 42.1 Å². The highest BCUT2D eigenvalue weighted by molar-refractivity contribution is 7.22. The molecule has 0 fully saturated rings. The highest BCUT2D eigenvalue weighted by Crippen LogP contribution is 2.34. The third kappa shape index (κ3) is 3.37. The molecule has 0 saturated heterocycles. The van der Waals surface area contributed by atoms with Crippen LogP contribution < -0.4 is 10.6 Å². The molecule has 2 amide bonds. The predicted molar refractivity (Wildman–Crippen MR) is 96.2 cm³/mol. The lowest BCUT2D eigenvalue weighted by Crippen LogP contribution is -2.28. The maximum atomic E-state index is 11.7. The molecule has 0 aliphatic heterocycles. The van der Waals surface area contributed by atoms with Crippen LogP contribution in [0.2, 0.25) is 0 Å². The Balaban J connectivity index is 2.01. The molecule has 0 spiro atoms. The number of amides is 2. The molecule has 0 radical (unpaired) electrons. The van der Waals surface area contributed by atoms with Crippen LogP contribution in [-0.4, -0.2) is 27.7 Å². The molecule has 6 nitrogen and oxygen atoms in total. The molecule has 0 bridgehead atoms. The highest BCUT2D eigenvalue weighted by atomic mass is 32.1. The second kappa shape index (κ2) is 6.94. The van der Waals surface area contributed by atoms with Gasteiger partial charge in [0.05, 0.1) is 22.0 Å². The van der Waals surface area contributed by atoms with Crippen molar-refractivity contribution >= 4 is 32.7 Å². The van der Waals surface area contributed by atoms with Crippen LogP contribution in [0.5, 0.6) is 0 Å². The van der Waals surface area contributed by atoms with Crippen LogP contribution in [-0.2, 0) is 0 Å². The van der Waals surface area contributed by atoms with Gasteiger partial charge in [-0.25, -0.2) is 9.78 Å². The molecule has 7 heteroatoms. The van der Waals surface area contributed by atoms with E-state index in [1.54, 1.807) is 19.2 Å². The second-order valence-corrected chi connectivity index (χ2v) is 6.31. The fraction of sp³-hybridized carbons (Fsp3) is 0.235. The molecule has 3 rings (SSSR count). The molecule has 3 aromatic rings. The fourth-order valence-electron chi connectivity index (χ4n) is 2.36. The zero-order chi connectivity index (χ0) is 17.1. The number of anilines is 1. The minimum atomic E-state index is -0.553. The third-order valence-corrected chi connectivity index (χ3v) is 4.54. The van der Waals surface area contributed by atoms with Crippen molar-refractivity contribution in [1.29, 1.82) is 0 Å². The number of rotatable bonds is 4. The van der Waals surface area contributed by atoms with Gasteiger partial charge in [-0.15, -0.1) is 0 Å². The molecule has 1 unspecified atom stereocenters. The Labute approximate surface area is 143 Å². The Morgan fingerprint density at radius 1 is 1.38 bits per heavy atom. The van der Waals surface area contributed by atoms with Gasteiger partial charge < -0.3 is 10.4 Å². The van der Waals surface area contributed by atoms with Crippen LogP contribution in [0.25, 0.3) is 21.5 Å². The molecule has 124 valence electrons. The molecule has 1 aromatic carbocycles. The van der Waals surface area contributed by atoms with E-state index in [1.807, 2.05) is 31.2 Å². The summed E-state index contributed by atoms with van der Waals surface area (Å²) < 4.78 is 0.944. The first-order valence-electron chi connectivity index (χ1n) is 7.67. The molecule has 0 aliphatic carbocycles. The van der Waals surface area contributed by atoms with Crippen molar-refractivity contribution in [2.75, 3.05) is 11.9 Å². The molecular formula is C17H18N4O2S. The Morgan fingerprint density at radius 3 is 2.96 bits per heavy atom. The van der Waals surface area contributed by atoms with Gasteiger partial charge in [0, 0.05) is 18.3 Å². The molecule has 0 aliphatic rings. The SMILES string of the molecule is CCNC(=O)Nc1nc2cccc(-c3cc(C(C)O)ccn3)c2s1. The summed E-state index contributed by atoms with van der Waals surface area (Å²) in [5.74, 6) is 0. The van der Waals surface area contributed by atoms with E-state index >= 15 is 0 Å². The molecule has 2 aromatic heterocycles. The van der Waals surface area contributed by atoms with Gasteiger partial charge in [-0.05, 0) is 37.6 Å². The van der Waals surface area contributed by atoms with E-state index in [9.17, 15) is 9.90 Å². The summed E-state index contributed by atoms with van der Waals surface area (Å²) in [7, 11) is 0. The van der Waals surface area contributed by atoms with Gasteiger partial charge in [0.1, 0.15) is 0 Å². The quantitative estimate of drug-likeness (QED) is 0.676. The molecule has 2 heterocycles. The number of aromatic nitrogens is 2. The van der Waals surface area contributed by atoms with E-state index in [0.717, 1.165) is 27.0 Å². The van der Waals surface area contributed by atoms with Crippen molar-refractivity contribution in [2.45, 2.75) is 20.0 Å². The standard InChI is InChI=1S/C17H18N4O2S/c1-3-18-16(23)21-17-20-13-6-4-5-12(15(13)24-17)14-9-11(10(2)22)7-8-19-14/h4-10,22H,3H2,1-2H3,(H2,18,20,21,23). The van der Waals surface area contributed by atoms with Gasteiger partial charge >= 0.3 is 6.03 Å². The number of thiazole rings is 1. The first kappa shape index (κ1) is 16.4. The zero-order valence-electron chi connectivity index (χ0n) is 13.4. The molecule has 0 saturated carbocycles. The number of hydrogen-bond acceptors (Lipinski definition) is 5. The number of aliphatic hydroxyl groups excluding tert-OH is 1.